The van der Waals surface area contributed by atoms with Gasteiger partial charge >= 0.3 is 0 Å². The quantitative estimate of drug-likeness (QED) is 0.938. The summed E-state index contributed by atoms with van der Waals surface area (Å²) in [5.74, 6) is 0. The van der Waals surface area contributed by atoms with E-state index in [1.165, 1.54) is 0 Å². The number of aryl methyl sites for hydroxylation is 1. The summed E-state index contributed by atoms with van der Waals surface area (Å²) >= 11 is 12.2. The Morgan fingerprint density at radius 1 is 1.28 bits per heavy atom. The first-order valence-electron chi connectivity index (χ1n) is 5.72. The van der Waals surface area contributed by atoms with E-state index >= 15 is 0 Å². The number of aromatic nitrogens is 2. The molecule has 2 N–H and O–H groups in total. The number of rotatable bonds is 4. The van der Waals surface area contributed by atoms with Gasteiger partial charge in [-0.15, -0.1) is 0 Å². The van der Waals surface area contributed by atoms with Crippen LogP contribution in [0.5, 0.6) is 0 Å². The van der Waals surface area contributed by atoms with Crippen molar-refractivity contribution in [2.45, 2.75) is 18.9 Å². The van der Waals surface area contributed by atoms with Crippen molar-refractivity contribution < 1.29 is 0 Å². The van der Waals surface area contributed by atoms with E-state index in [1.54, 1.807) is 4.68 Å². The number of hydrogen-bond acceptors (Lipinski definition) is 2. The molecule has 1 aromatic carbocycles. The Labute approximate surface area is 117 Å². The van der Waals surface area contributed by atoms with Gasteiger partial charge in [0.25, 0.3) is 0 Å². The molecule has 0 amide bonds. The predicted octanol–water partition coefficient (Wildman–Crippen LogP) is 2.84. The Hall–Kier alpha value is -1.03. The second kappa shape index (κ2) is 5.74. The van der Waals surface area contributed by atoms with E-state index in [-0.39, 0.29) is 6.04 Å². The standard InChI is InChI=1S/C13H15Cl2N3/c1-18-8-9(7-17-18)5-10(16)6-11-12(14)3-2-4-13(11)15/h2-4,7-8,10H,5-6,16H2,1H3. The molecule has 0 spiro atoms. The molecule has 2 aromatic rings. The minimum Gasteiger partial charge on any atom is -0.327 e. The average Bonchev–Trinajstić information content (AvgIpc) is 2.69. The number of nitrogens with two attached hydrogens (primary N) is 1. The highest BCUT2D eigenvalue weighted by atomic mass is 35.5. The number of benzene rings is 1. The summed E-state index contributed by atoms with van der Waals surface area (Å²) < 4.78 is 1.77. The summed E-state index contributed by atoms with van der Waals surface area (Å²) in [5, 5.41) is 5.46. The van der Waals surface area contributed by atoms with E-state index in [0.717, 1.165) is 17.5 Å². The lowest BCUT2D eigenvalue weighted by molar-refractivity contribution is 0.664. The minimum atomic E-state index is -0.0217. The van der Waals surface area contributed by atoms with E-state index in [1.807, 2.05) is 37.6 Å². The van der Waals surface area contributed by atoms with Gasteiger partial charge in [0.2, 0.25) is 0 Å². The zero-order valence-corrected chi connectivity index (χ0v) is 11.6. The van der Waals surface area contributed by atoms with Crippen molar-refractivity contribution in [2.24, 2.45) is 12.8 Å². The van der Waals surface area contributed by atoms with Gasteiger partial charge in [0.1, 0.15) is 0 Å². The third-order valence-electron chi connectivity index (χ3n) is 2.78. The maximum absolute atomic E-state index is 6.13. The summed E-state index contributed by atoms with van der Waals surface area (Å²) in [7, 11) is 1.89. The van der Waals surface area contributed by atoms with Gasteiger partial charge in [-0.3, -0.25) is 4.68 Å². The molecule has 0 saturated carbocycles. The van der Waals surface area contributed by atoms with Gasteiger partial charge in [0.15, 0.2) is 0 Å². The van der Waals surface area contributed by atoms with Gasteiger partial charge < -0.3 is 5.73 Å². The molecule has 18 heavy (non-hydrogen) atoms. The lowest BCUT2D eigenvalue weighted by atomic mass is 10.0. The molecule has 0 aliphatic carbocycles. The van der Waals surface area contributed by atoms with Crippen molar-refractivity contribution in [1.29, 1.82) is 0 Å². The third-order valence-corrected chi connectivity index (χ3v) is 3.49. The zero-order valence-electron chi connectivity index (χ0n) is 10.1. The van der Waals surface area contributed by atoms with Crippen molar-refractivity contribution in [1.82, 2.24) is 9.78 Å². The molecule has 3 nitrogen and oxygen atoms in total. The first kappa shape index (κ1) is 13.4. The molecule has 1 unspecified atom stereocenters. The summed E-state index contributed by atoms with van der Waals surface area (Å²) in [6, 6.07) is 5.48. The zero-order chi connectivity index (χ0) is 13.1. The Bertz CT molecular complexity index is 517. The van der Waals surface area contributed by atoms with Gasteiger partial charge in [0.05, 0.1) is 6.20 Å². The van der Waals surface area contributed by atoms with Crippen molar-refractivity contribution in [3.8, 4) is 0 Å². The van der Waals surface area contributed by atoms with Crippen molar-refractivity contribution >= 4 is 23.2 Å². The molecule has 0 radical (unpaired) electrons. The lowest BCUT2D eigenvalue weighted by Crippen LogP contribution is -2.25. The molecule has 0 fully saturated rings. The fourth-order valence-electron chi connectivity index (χ4n) is 1.94. The molecule has 96 valence electrons. The summed E-state index contributed by atoms with van der Waals surface area (Å²) in [5.41, 5.74) is 8.16. The summed E-state index contributed by atoms with van der Waals surface area (Å²) in [6.07, 6.45) is 5.21. The van der Waals surface area contributed by atoms with Crippen LogP contribution in [0.4, 0.5) is 0 Å². The first-order valence-corrected chi connectivity index (χ1v) is 6.48. The molecule has 0 aliphatic rings. The Morgan fingerprint density at radius 2 is 1.94 bits per heavy atom. The van der Waals surface area contributed by atoms with E-state index in [9.17, 15) is 0 Å². The van der Waals surface area contributed by atoms with Crippen molar-refractivity contribution in [3.05, 3.63) is 51.8 Å². The summed E-state index contributed by atoms with van der Waals surface area (Å²) in [4.78, 5) is 0. The maximum Gasteiger partial charge on any atom is 0.0522 e. The van der Waals surface area contributed by atoms with Crippen LogP contribution in [-0.4, -0.2) is 15.8 Å². The summed E-state index contributed by atoms with van der Waals surface area (Å²) in [6.45, 7) is 0. The highest BCUT2D eigenvalue weighted by molar-refractivity contribution is 6.35. The van der Waals surface area contributed by atoms with E-state index in [0.29, 0.717) is 16.5 Å². The van der Waals surface area contributed by atoms with E-state index in [2.05, 4.69) is 5.10 Å². The molecule has 0 saturated heterocycles. The van der Waals surface area contributed by atoms with Crippen LogP contribution in [0, 0.1) is 0 Å². The molecular weight excluding hydrogens is 269 g/mol. The number of nitrogens with zero attached hydrogens (tertiary/aromatic N) is 2. The van der Waals surface area contributed by atoms with Crippen LogP contribution < -0.4 is 5.73 Å². The van der Waals surface area contributed by atoms with Gasteiger partial charge in [0, 0.05) is 29.3 Å². The Morgan fingerprint density at radius 3 is 2.50 bits per heavy atom. The van der Waals surface area contributed by atoms with Gasteiger partial charge in [-0.05, 0) is 36.1 Å². The van der Waals surface area contributed by atoms with Crippen molar-refractivity contribution in [3.63, 3.8) is 0 Å². The smallest absolute Gasteiger partial charge is 0.0522 e. The van der Waals surface area contributed by atoms with Gasteiger partial charge in [-0.2, -0.15) is 5.10 Å². The lowest BCUT2D eigenvalue weighted by Gasteiger charge is -2.13. The van der Waals surface area contributed by atoms with Crippen LogP contribution in [0.25, 0.3) is 0 Å². The topological polar surface area (TPSA) is 43.8 Å². The monoisotopic (exact) mass is 283 g/mol. The highest BCUT2D eigenvalue weighted by Crippen LogP contribution is 2.25. The first-order chi connectivity index (χ1) is 8.56. The average molecular weight is 284 g/mol. The Kier molecular flexibility index (Phi) is 4.27. The third kappa shape index (κ3) is 3.25. The largest absolute Gasteiger partial charge is 0.327 e. The molecular formula is C13H15Cl2N3. The molecule has 1 aromatic heterocycles. The molecule has 0 bridgehead atoms. The second-order valence-electron chi connectivity index (χ2n) is 4.39. The van der Waals surface area contributed by atoms with Crippen LogP contribution in [-0.2, 0) is 19.9 Å². The van der Waals surface area contributed by atoms with E-state index < -0.39 is 0 Å². The fourth-order valence-corrected chi connectivity index (χ4v) is 2.49. The van der Waals surface area contributed by atoms with Crippen LogP contribution in [0.15, 0.2) is 30.6 Å². The minimum absolute atomic E-state index is 0.0217. The van der Waals surface area contributed by atoms with Gasteiger partial charge in [-0.25, -0.2) is 0 Å². The predicted molar refractivity (Wildman–Crippen MR) is 75.1 cm³/mol. The Balaban J connectivity index is 2.05. The highest BCUT2D eigenvalue weighted by Gasteiger charge is 2.12. The molecule has 1 heterocycles. The van der Waals surface area contributed by atoms with Crippen molar-refractivity contribution in [2.75, 3.05) is 0 Å². The second-order valence-corrected chi connectivity index (χ2v) is 5.21. The molecule has 5 heteroatoms. The molecule has 2 rings (SSSR count). The van der Waals surface area contributed by atoms with Gasteiger partial charge in [-0.1, -0.05) is 29.3 Å². The van der Waals surface area contributed by atoms with E-state index in [4.69, 9.17) is 28.9 Å². The fraction of sp³-hybridized carbons (Fsp3) is 0.308. The molecule has 1 atom stereocenters. The number of halogens is 2. The molecule has 0 aliphatic heterocycles. The van der Waals surface area contributed by atoms with Crippen LogP contribution in [0.2, 0.25) is 10.0 Å². The number of hydrogen-bond donors (Lipinski definition) is 1. The van der Waals surface area contributed by atoms with Crippen LogP contribution >= 0.6 is 23.2 Å². The SMILES string of the molecule is Cn1cc(CC(N)Cc2c(Cl)cccc2Cl)cn1. The van der Waals surface area contributed by atoms with Crippen LogP contribution in [0.3, 0.4) is 0 Å². The normalized spacial score (nSPS) is 12.7. The van der Waals surface area contributed by atoms with Crippen LogP contribution in [0.1, 0.15) is 11.1 Å². The maximum atomic E-state index is 6.13.